The molecule has 0 amide bonds. The van der Waals surface area contributed by atoms with Gasteiger partial charge in [-0.15, -0.1) is 0 Å². The molecule has 0 bridgehead atoms. The van der Waals surface area contributed by atoms with E-state index in [1.807, 2.05) is 19.1 Å². The Morgan fingerprint density at radius 3 is 2.47 bits per heavy atom. The van der Waals surface area contributed by atoms with Gasteiger partial charge in [-0.05, 0) is 36.1 Å². The van der Waals surface area contributed by atoms with Crippen LogP contribution in [0.15, 0.2) is 12.1 Å². The predicted molar refractivity (Wildman–Crippen MR) is 77.1 cm³/mol. The molecule has 0 heterocycles. The van der Waals surface area contributed by atoms with E-state index in [1.165, 1.54) is 0 Å². The number of anilines is 1. The highest BCUT2D eigenvalue weighted by atomic mass is 16.5. The highest BCUT2D eigenvalue weighted by Crippen LogP contribution is 2.32. The predicted octanol–water partition coefficient (Wildman–Crippen LogP) is 3.26. The molecule has 1 atom stereocenters. The fourth-order valence-electron chi connectivity index (χ4n) is 1.87. The Morgan fingerprint density at radius 1 is 1.37 bits per heavy atom. The summed E-state index contributed by atoms with van der Waals surface area (Å²) in [5.74, 6) is 0.0316. The number of carbonyl (C=O) groups is 1. The van der Waals surface area contributed by atoms with E-state index in [4.69, 9.17) is 9.84 Å². The standard InChI is InChI=1S/C15H23NO3/c1-9(2)12-7-13(10(3)6-14(12)19-5)16-8-11(4)15(17)18/h6-7,9,11,16H,8H2,1-5H3,(H,17,18). The first-order valence-corrected chi connectivity index (χ1v) is 6.52. The van der Waals surface area contributed by atoms with Crippen molar-refractivity contribution in [3.8, 4) is 5.75 Å². The molecule has 0 aliphatic heterocycles. The quantitative estimate of drug-likeness (QED) is 0.829. The van der Waals surface area contributed by atoms with Crippen molar-refractivity contribution in [2.45, 2.75) is 33.6 Å². The molecule has 0 fully saturated rings. The Hall–Kier alpha value is -1.71. The highest BCUT2D eigenvalue weighted by molar-refractivity contribution is 5.70. The van der Waals surface area contributed by atoms with Gasteiger partial charge in [-0.1, -0.05) is 20.8 Å². The number of aliphatic carboxylic acids is 1. The lowest BCUT2D eigenvalue weighted by Crippen LogP contribution is -2.20. The lowest BCUT2D eigenvalue weighted by atomic mass is 9.99. The molecule has 4 nitrogen and oxygen atoms in total. The zero-order valence-corrected chi connectivity index (χ0v) is 12.3. The van der Waals surface area contributed by atoms with Gasteiger partial charge in [0.25, 0.3) is 0 Å². The summed E-state index contributed by atoms with van der Waals surface area (Å²) in [4.78, 5) is 10.8. The molecule has 0 aliphatic rings. The van der Waals surface area contributed by atoms with Crippen molar-refractivity contribution in [2.24, 2.45) is 5.92 Å². The zero-order chi connectivity index (χ0) is 14.6. The van der Waals surface area contributed by atoms with Crippen LogP contribution in [-0.4, -0.2) is 24.7 Å². The van der Waals surface area contributed by atoms with Crippen molar-refractivity contribution in [3.63, 3.8) is 0 Å². The number of carboxylic acid groups (broad SMARTS) is 1. The summed E-state index contributed by atoms with van der Waals surface area (Å²) in [6.45, 7) is 8.31. The lowest BCUT2D eigenvalue weighted by molar-refractivity contribution is -0.140. The molecule has 19 heavy (non-hydrogen) atoms. The molecule has 0 spiro atoms. The number of aryl methyl sites for hydroxylation is 1. The Morgan fingerprint density at radius 2 is 2.00 bits per heavy atom. The van der Waals surface area contributed by atoms with Crippen molar-refractivity contribution in [3.05, 3.63) is 23.3 Å². The maximum Gasteiger partial charge on any atom is 0.308 e. The van der Waals surface area contributed by atoms with Gasteiger partial charge in [0.15, 0.2) is 0 Å². The number of hydrogen-bond donors (Lipinski definition) is 2. The SMILES string of the molecule is COc1cc(C)c(NCC(C)C(=O)O)cc1C(C)C. The summed E-state index contributed by atoms with van der Waals surface area (Å²) < 4.78 is 5.38. The van der Waals surface area contributed by atoms with Crippen LogP contribution in [0, 0.1) is 12.8 Å². The topological polar surface area (TPSA) is 58.6 Å². The van der Waals surface area contributed by atoms with E-state index in [0.717, 1.165) is 22.6 Å². The number of rotatable bonds is 6. The normalized spacial score (nSPS) is 12.3. The zero-order valence-electron chi connectivity index (χ0n) is 12.3. The Labute approximate surface area is 114 Å². The second-order valence-electron chi connectivity index (χ2n) is 5.18. The number of benzene rings is 1. The number of methoxy groups -OCH3 is 1. The molecular formula is C15H23NO3. The molecule has 0 aliphatic carbocycles. The van der Waals surface area contributed by atoms with Crippen molar-refractivity contribution in [1.29, 1.82) is 0 Å². The van der Waals surface area contributed by atoms with Crippen LogP contribution >= 0.6 is 0 Å². The van der Waals surface area contributed by atoms with E-state index in [2.05, 4.69) is 19.2 Å². The van der Waals surface area contributed by atoms with Crippen LogP contribution in [0.3, 0.4) is 0 Å². The van der Waals surface area contributed by atoms with E-state index < -0.39 is 11.9 Å². The molecule has 1 aromatic carbocycles. The molecule has 1 unspecified atom stereocenters. The van der Waals surface area contributed by atoms with Gasteiger partial charge in [-0.2, -0.15) is 0 Å². The molecule has 2 N–H and O–H groups in total. The van der Waals surface area contributed by atoms with Crippen LogP contribution in [0.2, 0.25) is 0 Å². The monoisotopic (exact) mass is 265 g/mol. The van der Waals surface area contributed by atoms with Gasteiger partial charge in [-0.25, -0.2) is 0 Å². The minimum atomic E-state index is -0.789. The Balaban J connectivity index is 2.95. The Bertz CT molecular complexity index is 455. The first-order valence-electron chi connectivity index (χ1n) is 6.52. The maximum absolute atomic E-state index is 10.8. The van der Waals surface area contributed by atoms with Crippen LogP contribution in [0.1, 0.15) is 37.8 Å². The first kappa shape index (κ1) is 15.3. The highest BCUT2D eigenvalue weighted by Gasteiger charge is 2.14. The van der Waals surface area contributed by atoms with Crippen LogP contribution in [0.25, 0.3) is 0 Å². The average molecular weight is 265 g/mol. The number of hydrogen-bond acceptors (Lipinski definition) is 3. The van der Waals surface area contributed by atoms with Gasteiger partial charge in [0.1, 0.15) is 5.75 Å². The number of ether oxygens (including phenoxy) is 1. The maximum atomic E-state index is 10.8. The van der Waals surface area contributed by atoms with Crippen molar-refractivity contribution >= 4 is 11.7 Å². The molecule has 1 aromatic rings. The fourth-order valence-corrected chi connectivity index (χ4v) is 1.87. The largest absolute Gasteiger partial charge is 0.496 e. The van der Waals surface area contributed by atoms with Crippen molar-refractivity contribution < 1.29 is 14.6 Å². The molecule has 1 rings (SSSR count). The minimum absolute atomic E-state index is 0.355. The van der Waals surface area contributed by atoms with Gasteiger partial charge >= 0.3 is 5.97 Å². The van der Waals surface area contributed by atoms with E-state index >= 15 is 0 Å². The smallest absolute Gasteiger partial charge is 0.308 e. The fraction of sp³-hybridized carbons (Fsp3) is 0.533. The van der Waals surface area contributed by atoms with E-state index in [0.29, 0.717) is 12.5 Å². The summed E-state index contributed by atoms with van der Waals surface area (Å²) in [7, 11) is 1.67. The summed E-state index contributed by atoms with van der Waals surface area (Å²) in [6, 6.07) is 4.04. The second-order valence-corrected chi connectivity index (χ2v) is 5.18. The lowest BCUT2D eigenvalue weighted by Gasteiger charge is -2.18. The molecule has 0 saturated carbocycles. The summed E-state index contributed by atoms with van der Waals surface area (Å²) >= 11 is 0. The molecule has 106 valence electrons. The molecular weight excluding hydrogens is 242 g/mol. The number of nitrogens with one attached hydrogen (secondary N) is 1. The molecule has 4 heteroatoms. The van der Waals surface area contributed by atoms with Crippen molar-refractivity contribution in [2.75, 3.05) is 19.0 Å². The Kier molecular flexibility index (Phi) is 5.21. The third kappa shape index (κ3) is 3.88. The van der Waals surface area contributed by atoms with Gasteiger partial charge in [0, 0.05) is 12.2 Å². The van der Waals surface area contributed by atoms with E-state index in [-0.39, 0.29) is 0 Å². The minimum Gasteiger partial charge on any atom is -0.496 e. The van der Waals surface area contributed by atoms with E-state index in [9.17, 15) is 4.79 Å². The van der Waals surface area contributed by atoms with Gasteiger partial charge in [-0.3, -0.25) is 4.79 Å². The van der Waals surface area contributed by atoms with Gasteiger partial charge in [0.05, 0.1) is 13.0 Å². The molecule has 0 radical (unpaired) electrons. The summed E-state index contributed by atoms with van der Waals surface area (Å²) in [5, 5.41) is 12.1. The van der Waals surface area contributed by atoms with Crippen molar-refractivity contribution in [1.82, 2.24) is 0 Å². The van der Waals surface area contributed by atoms with Crippen LogP contribution < -0.4 is 10.1 Å². The number of carboxylic acids is 1. The third-order valence-corrected chi connectivity index (χ3v) is 3.22. The first-order chi connectivity index (χ1) is 8.86. The molecule has 0 saturated heterocycles. The molecule has 0 aromatic heterocycles. The average Bonchev–Trinajstić information content (AvgIpc) is 2.35. The van der Waals surface area contributed by atoms with Crippen LogP contribution in [0.4, 0.5) is 5.69 Å². The summed E-state index contributed by atoms with van der Waals surface area (Å²) in [5.41, 5.74) is 3.15. The summed E-state index contributed by atoms with van der Waals surface area (Å²) in [6.07, 6.45) is 0. The van der Waals surface area contributed by atoms with Gasteiger partial charge < -0.3 is 15.2 Å². The van der Waals surface area contributed by atoms with E-state index in [1.54, 1.807) is 14.0 Å². The third-order valence-electron chi connectivity index (χ3n) is 3.22. The van der Waals surface area contributed by atoms with Gasteiger partial charge in [0.2, 0.25) is 0 Å². The second kappa shape index (κ2) is 6.45. The van der Waals surface area contributed by atoms with Crippen LogP contribution in [-0.2, 0) is 4.79 Å². The van der Waals surface area contributed by atoms with Crippen LogP contribution in [0.5, 0.6) is 5.75 Å².